The maximum Gasteiger partial charge on any atom is 0.387 e. The molecule has 0 heterocycles. The summed E-state index contributed by atoms with van der Waals surface area (Å²) in [7, 11) is 0. The number of rotatable bonds is 4. The average Bonchev–Trinajstić information content (AvgIpc) is 2.33. The van der Waals surface area contributed by atoms with Crippen LogP contribution in [-0.4, -0.2) is 6.61 Å². The van der Waals surface area contributed by atoms with Gasteiger partial charge < -0.3 is 15.2 Å². The number of aryl methyl sites for hydroxylation is 2. The van der Waals surface area contributed by atoms with Crippen LogP contribution < -0.4 is 15.2 Å². The van der Waals surface area contributed by atoms with Crippen molar-refractivity contribution in [2.24, 2.45) is 0 Å². The highest BCUT2D eigenvalue weighted by atomic mass is 19.3. The van der Waals surface area contributed by atoms with Crippen LogP contribution in [0, 0.1) is 19.7 Å². The Balaban J connectivity index is 2.34. The van der Waals surface area contributed by atoms with Gasteiger partial charge in [-0.3, -0.25) is 0 Å². The predicted octanol–water partition coefficient (Wildman–Crippen LogP) is 4.42. The fraction of sp³-hybridized carbons (Fsp3) is 0.200. The van der Waals surface area contributed by atoms with Crippen molar-refractivity contribution in [3.8, 4) is 17.2 Å². The first-order valence-electron chi connectivity index (χ1n) is 6.15. The second-order valence-electron chi connectivity index (χ2n) is 4.62. The zero-order valence-corrected chi connectivity index (χ0v) is 11.5. The van der Waals surface area contributed by atoms with Crippen LogP contribution in [0.3, 0.4) is 0 Å². The van der Waals surface area contributed by atoms with Crippen molar-refractivity contribution in [1.82, 2.24) is 0 Å². The number of benzene rings is 2. The van der Waals surface area contributed by atoms with Gasteiger partial charge in [-0.15, -0.1) is 0 Å². The van der Waals surface area contributed by atoms with E-state index in [9.17, 15) is 13.2 Å². The normalized spacial score (nSPS) is 10.8. The Morgan fingerprint density at radius 2 is 1.57 bits per heavy atom. The minimum Gasteiger partial charge on any atom is -0.455 e. The largest absolute Gasteiger partial charge is 0.455 e. The highest BCUT2D eigenvalue weighted by molar-refractivity contribution is 5.57. The van der Waals surface area contributed by atoms with Crippen LogP contribution in [0.2, 0.25) is 0 Å². The van der Waals surface area contributed by atoms with Gasteiger partial charge in [0.25, 0.3) is 0 Å². The fourth-order valence-corrected chi connectivity index (χ4v) is 1.94. The maximum absolute atomic E-state index is 13.5. The van der Waals surface area contributed by atoms with Crippen LogP contribution in [0.1, 0.15) is 11.1 Å². The molecule has 3 nitrogen and oxygen atoms in total. The van der Waals surface area contributed by atoms with Crippen molar-refractivity contribution in [3.05, 3.63) is 47.3 Å². The van der Waals surface area contributed by atoms with Crippen molar-refractivity contribution >= 4 is 5.69 Å². The lowest BCUT2D eigenvalue weighted by Gasteiger charge is -2.13. The van der Waals surface area contributed by atoms with E-state index in [-0.39, 0.29) is 11.4 Å². The molecule has 2 N–H and O–H groups in total. The zero-order valence-electron chi connectivity index (χ0n) is 11.5. The first kappa shape index (κ1) is 15.0. The van der Waals surface area contributed by atoms with E-state index in [1.165, 1.54) is 0 Å². The molecule has 0 radical (unpaired) electrons. The molecule has 0 aliphatic heterocycles. The third kappa shape index (κ3) is 3.81. The van der Waals surface area contributed by atoms with Gasteiger partial charge in [-0.1, -0.05) is 6.07 Å². The molecule has 2 rings (SSSR count). The Hall–Kier alpha value is -2.37. The minimum atomic E-state index is -3.13. The number of hydrogen-bond acceptors (Lipinski definition) is 3. The molecule has 21 heavy (non-hydrogen) atoms. The molecule has 0 amide bonds. The number of anilines is 1. The highest BCUT2D eigenvalue weighted by Crippen LogP contribution is 2.34. The topological polar surface area (TPSA) is 44.5 Å². The van der Waals surface area contributed by atoms with E-state index in [1.54, 1.807) is 12.1 Å². The maximum atomic E-state index is 13.5. The average molecular weight is 297 g/mol. The molecule has 0 unspecified atom stereocenters. The van der Waals surface area contributed by atoms with E-state index in [0.29, 0.717) is 5.75 Å². The summed E-state index contributed by atoms with van der Waals surface area (Å²) in [6, 6.07) is 7.35. The van der Waals surface area contributed by atoms with Gasteiger partial charge in [0, 0.05) is 12.1 Å². The molecule has 2 aromatic carbocycles. The number of halogens is 3. The Morgan fingerprint density at radius 3 is 2.14 bits per heavy atom. The molecule has 0 aliphatic carbocycles. The molecule has 0 spiro atoms. The summed E-state index contributed by atoms with van der Waals surface area (Å²) < 4.78 is 47.5. The number of hydrogen-bond donors (Lipinski definition) is 1. The summed E-state index contributed by atoms with van der Waals surface area (Å²) in [6.07, 6.45) is 0. The van der Waals surface area contributed by atoms with Crippen LogP contribution in [-0.2, 0) is 0 Å². The number of alkyl halides is 2. The number of nitrogens with two attached hydrogens (primary N) is 1. The smallest absolute Gasteiger partial charge is 0.387 e. The lowest BCUT2D eigenvalue weighted by atomic mass is 10.1. The standard InChI is InChI=1S/C15H14F3NO2/c1-8-3-9(2)5-10(4-8)20-14-7-13(21-15(17)18)11(16)6-12(14)19/h3-7,15H,19H2,1-2H3. The summed E-state index contributed by atoms with van der Waals surface area (Å²) in [4.78, 5) is 0. The first-order chi connectivity index (χ1) is 9.85. The second kappa shape index (κ2) is 5.95. The molecule has 0 fully saturated rings. The predicted molar refractivity (Wildman–Crippen MR) is 73.4 cm³/mol. The van der Waals surface area contributed by atoms with Crippen LogP contribution in [0.25, 0.3) is 0 Å². The van der Waals surface area contributed by atoms with E-state index >= 15 is 0 Å². The van der Waals surface area contributed by atoms with Crippen LogP contribution in [0.4, 0.5) is 18.9 Å². The summed E-state index contributed by atoms with van der Waals surface area (Å²) in [6.45, 7) is 0.649. The van der Waals surface area contributed by atoms with E-state index in [2.05, 4.69) is 4.74 Å². The van der Waals surface area contributed by atoms with Crippen molar-refractivity contribution in [2.75, 3.05) is 5.73 Å². The van der Waals surface area contributed by atoms with Gasteiger partial charge >= 0.3 is 6.61 Å². The quantitative estimate of drug-likeness (QED) is 0.850. The number of nitrogen functional groups attached to an aromatic ring is 1. The zero-order chi connectivity index (χ0) is 15.6. The van der Waals surface area contributed by atoms with E-state index in [4.69, 9.17) is 10.5 Å². The van der Waals surface area contributed by atoms with Gasteiger partial charge in [0.1, 0.15) is 5.75 Å². The molecule has 2 aromatic rings. The summed E-state index contributed by atoms with van der Waals surface area (Å²) in [5.74, 6) is -1.05. The Kier molecular flexibility index (Phi) is 4.26. The fourth-order valence-electron chi connectivity index (χ4n) is 1.94. The Labute approximate surface area is 120 Å². The Morgan fingerprint density at radius 1 is 0.952 bits per heavy atom. The van der Waals surface area contributed by atoms with Crippen molar-refractivity contribution in [2.45, 2.75) is 20.5 Å². The molecule has 0 aromatic heterocycles. The van der Waals surface area contributed by atoms with Crippen molar-refractivity contribution in [1.29, 1.82) is 0 Å². The van der Waals surface area contributed by atoms with Gasteiger partial charge in [-0.05, 0) is 37.1 Å². The first-order valence-corrected chi connectivity index (χ1v) is 6.15. The third-order valence-corrected chi connectivity index (χ3v) is 2.70. The third-order valence-electron chi connectivity index (χ3n) is 2.70. The van der Waals surface area contributed by atoms with Crippen LogP contribution >= 0.6 is 0 Å². The van der Waals surface area contributed by atoms with E-state index in [1.807, 2.05) is 19.9 Å². The van der Waals surface area contributed by atoms with Gasteiger partial charge in [-0.2, -0.15) is 8.78 Å². The number of ether oxygens (including phenoxy) is 2. The van der Waals surface area contributed by atoms with Crippen molar-refractivity contribution < 1.29 is 22.6 Å². The van der Waals surface area contributed by atoms with Gasteiger partial charge in [0.15, 0.2) is 17.3 Å². The van der Waals surface area contributed by atoms with Gasteiger partial charge in [0.2, 0.25) is 0 Å². The Bertz CT molecular complexity index is 639. The van der Waals surface area contributed by atoms with Crippen LogP contribution in [0.5, 0.6) is 17.2 Å². The minimum absolute atomic E-state index is 0.00623. The molecule has 6 heteroatoms. The highest BCUT2D eigenvalue weighted by Gasteiger charge is 2.14. The van der Waals surface area contributed by atoms with Crippen molar-refractivity contribution in [3.63, 3.8) is 0 Å². The monoisotopic (exact) mass is 297 g/mol. The molecule has 0 saturated carbocycles. The van der Waals surface area contributed by atoms with E-state index in [0.717, 1.165) is 23.3 Å². The molecule has 0 saturated heterocycles. The van der Waals surface area contributed by atoms with Crippen LogP contribution in [0.15, 0.2) is 30.3 Å². The summed E-state index contributed by atoms with van der Waals surface area (Å²) in [5.41, 5.74) is 7.57. The molecular weight excluding hydrogens is 283 g/mol. The summed E-state index contributed by atoms with van der Waals surface area (Å²) >= 11 is 0. The van der Waals surface area contributed by atoms with E-state index < -0.39 is 18.2 Å². The van der Waals surface area contributed by atoms with Gasteiger partial charge in [-0.25, -0.2) is 4.39 Å². The lowest BCUT2D eigenvalue weighted by molar-refractivity contribution is -0.0522. The SMILES string of the molecule is Cc1cc(C)cc(Oc2cc(OC(F)F)c(F)cc2N)c1. The molecule has 0 aliphatic rings. The molecular formula is C15H14F3NO2. The summed E-state index contributed by atoms with van der Waals surface area (Å²) in [5, 5.41) is 0. The molecule has 0 bridgehead atoms. The lowest BCUT2D eigenvalue weighted by Crippen LogP contribution is -2.05. The molecule has 0 atom stereocenters. The second-order valence-corrected chi connectivity index (χ2v) is 4.62. The molecule has 112 valence electrons. The van der Waals surface area contributed by atoms with Gasteiger partial charge in [0.05, 0.1) is 5.69 Å².